The fourth-order valence-electron chi connectivity index (χ4n) is 1.73. The van der Waals surface area contributed by atoms with Crippen molar-refractivity contribution in [1.82, 2.24) is 15.3 Å². The molecule has 0 aliphatic rings. The third-order valence-corrected chi connectivity index (χ3v) is 3.54. The minimum absolute atomic E-state index is 0.0415. The van der Waals surface area contributed by atoms with E-state index in [-0.39, 0.29) is 12.2 Å². The van der Waals surface area contributed by atoms with Crippen LogP contribution in [0.3, 0.4) is 0 Å². The zero-order valence-electron chi connectivity index (χ0n) is 13.4. The Labute approximate surface area is 139 Å². The lowest BCUT2D eigenvalue weighted by atomic mass is 10.2. The van der Waals surface area contributed by atoms with Gasteiger partial charge in [-0.25, -0.2) is 4.98 Å². The molecule has 0 saturated heterocycles. The van der Waals surface area contributed by atoms with Gasteiger partial charge in [-0.15, -0.1) is 11.7 Å². The third-order valence-electron chi connectivity index (χ3n) is 2.74. The molecule has 24 heavy (non-hydrogen) atoms. The topological polar surface area (TPSA) is 74.8 Å². The number of aromatic nitrogens is 2. The Kier molecular flexibility index (Phi) is 7.02. The molecule has 5 nitrogen and oxygen atoms in total. The maximum atomic E-state index is 12.5. The normalized spacial score (nSPS) is 11.2. The maximum absolute atomic E-state index is 12.5. The van der Waals surface area contributed by atoms with E-state index in [1.54, 1.807) is 0 Å². The summed E-state index contributed by atoms with van der Waals surface area (Å²) in [5.74, 6) is -0.269. The lowest BCUT2D eigenvalue weighted by Crippen LogP contribution is -2.26. The number of nitrogens with zero attached hydrogens (tertiary/aromatic N) is 1. The second-order valence-electron chi connectivity index (χ2n) is 4.45. The van der Waals surface area contributed by atoms with Crippen LogP contribution in [0, 0.1) is 6.92 Å². The van der Waals surface area contributed by atoms with Gasteiger partial charge in [0.25, 0.3) is 11.5 Å². The van der Waals surface area contributed by atoms with Gasteiger partial charge in [-0.2, -0.15) is 0 Å². The Bertz CT molecular complexity index is 743. The molecule has 1 amide bonds. The molecule has 2 rings (SSSR count). The van der Waals surface area contributed by atoms with Crippen molar-refractivity contribution >= 4 is 17.1 Å². The number of H-pyrrole nitrogens is 1. The molecule has 0 bridgehead atoms. The third kappa shape index (κ3) is 5.73. The molecule has 1 aromatic carbocycles. The van der Waals surface area contributed by atoms with Crippen molar-refractivity contribution in [2.75, 3.05) is 0 Å². The van der Waals surface area contributed by atoms with Gasteiger partial charge < -0.3 is 10.3 Å². The number of hydrogen-bond donors (Lipinski definition) is 2. The SMILES string of the molecule is CC.Cc1nc(C(=O)NCc2ccc(S(F)(F)F)cc2)cc(=O)[nH]1. The molecule has 1 heterocycles. The van der Waals surface area contributed by atoms with Gasteiger partial charge in [0.05, 0.1) is 4.90 Å². The molecule has 2 N–H and O–H groups in total. The lowest BCUT2D eigenvalue weighted by molar-refractivity contribution is 0.0945. The monoisotopic (exact) mass is 361 g/mol. The molecule has 2 aromatic rings. The molecule has 0 atom stereocenters. The molecular formula is C15H18F3N3O2S. The van der Waals surface area contributed by atoms with Crippen LogP contribution in [0.25, 0.3) is 0 Å². The maximum Gasteiger partial charge on any atom is 0.270 e. The summed E-state index contributed by atoms with van der Waals surface area (Å²) in [6.45, 7) is 5.58. The fraction of sp³-hybridized carbons (Fsp3) is 0.267. The summed E-state index contributed by atoms with van der Waals surface area (Å²) >= 11 is -5.24. The van der Waals surface area contributed by atoms with Crippen LogP contribution in [0.5, 0.6) is 0 Å². The molecule has 0 radical (unpaired) electrons. The summed E-state index contributed by atoms with van der Waals surface area (Å²) in [6.07, 6.45) is 0. The number of nitrogens with one attached hydrogen (secondary N) is 2. The predicted molar refractivity (Wildman–Crippen MR) is 87.7 cm³/mol. The molecule has 0 saturated carbocycles. The molecule has 0 fully saturated rings. The van der Waals surface area contributed by atoms with Crippen LogP contribution in [-0.4, -0.2) is 15.9 Å². The van der Waals surface area contributed by atoms with E-state index in [1.807, 2.05) is 13.8 Å². The number of carbonyl (C=O) groups excluding carboxylic acids is 1. The quantitative estimate of drug-likeness (QED) is 0.868. The summed E-state index contributed by atoms with van der Waals surface area (Å²) in [5.41, 5.74) is 0.0232. The minimum Gasteiger partial charge on any atom is -0.347 e. The number of halogens is 3. The van der Waals surface area contributed by atoms with Crippen LogP contribution in [0.15, 0.2) is 40.0 Å². The van der Waals surface area contributed by atoms with Crippen LogP contribution in [-0.2, 0) is 6.54 Å². The van der Waals surface area contributed by atoms with Crippen molar-refractivity contribution < 1.29 is 16.5 Å². The number of aromatic amines is 1. The Morgan fingerprint density at radius 3 is 2.29 bits per heavy atom. The minimum atomic E-state index is -5.24. The van der Waals surface area contributed by atoms with E-state index < -0.39 is 27.5 Å². The lowest BCUT2D eigenvalue weighted by Gasteiger charge is -2.10. The van der Waals surface area contributed by atoms with Crippen molar-refractivity contribution in [2.24, 2.45) is 0 Å². The Morgan fingerprint density at radius 2 is 1.79 bits per heavy atom. The van der Waals surface area contributed by atoms with E-state index in [0.29, 0.717) is 11.4 Å². The van der Waals surface area contributed by atoms with E-state index in [0.717, 1.165) is 18.2 Å². The Morgan fingerprint density at radius 1 is 1.21 bits per heavy atom. The number of benzene rings is 1. The van der Waals surface area contributed by atoms with E-state index in [2.05, 4.69) is 15.3 Å². The zero-order valence-corrected chi connectivity index (χ0v) is 14.2. The number of carbonyl (C=O) groups is 1. The van der Waals surface area contributed by atoms with Gasteiger partial charge in [0, 0.05) is 12.6 Å². The first kappa shape index (κ1) is 19.8. The van der Waals surface area contributed by atoms with Crippen LogP contribution in [0.1, 0.15) is 35.7 Å². The van der Waals surface area contributed by atoms with Crippen LogP contribution >= 0.6 is 11.2 Å². The smallest absolute Gasteiger partial charge is 0.270 e. The van der Waals surface area contributed by atoms with E-state index in [1.165, 1.54) is 19.1 Å². The average Bonchev–Trinajstić information content (AvgIpc) is 2.53. The molecule has 0 unspecified atom stereocenters. The molecular weight excluding hydrogens is 343 g/mol. The first-order valence-electron chi connectivity index (χ1n) is 7.13. The summed E-state index contributed by atoms with van der Waals surface area (Å²) < 4.78 is 37.5. The van der Waals surface area contributed by atoms with E-state index in [4.69, 9.17) is 0 Å². The molecule has 132 valence electrons. The molecule has 1 aromatic heterocycles. The Hall–Kier alpha value is -2.29. The second kappa shape index (κ2) is 8.53. The fourth-order valence-corrected chi connectivity index (χ4v) is 2.17. The molecule has 0 aliphatic heterocycles. The second-order valence-corrected chi connectivity index (χ2v) is 5.73. The predicted octanol–water partition coefficient (Wildman–Crippen LogP) is 3.85. The van der Waals surface area contributed by atoms with E-state index >= 15 is 0 Å². The highest BCUT2D eigenvalue weighted by atomic mass is 32.3. The largest absolute Gasteiger partial charge is 0.347 e. The summed E-state index contributed by atoms with van der Waals surface area (Å²) in [4.78, 5) is 28.7. The number of amides is 1. The first-order valence-corrected chi connectivity index (χ1v) is 8.46. The van der Waals surface area contributed by atoms with Gasteiger partial charge in [0.15, 0.2) is 0 Å². The van der Waals surface area contributed by atoms with Crippen molar-refractivity contribution in [2.45, 2.75) is 32.2 Å². The molecule has 9 heteroatoms. The highest BCUT2D eigenvalue weighted by Gasteiger charge is 2.23. The molecule has 0 spiro atoms. The average molecular weight is 361 g/mol. The van der Waals surface area contributed by atoms with E-state index in [9.17, 15) is 21.2 Å². The highest BCUT2D eigenvalue weighted by Crippen LogP contribution is 2.60. The van der Waals surface area contributed by atoms with Crippen molar-refractivity contribution in [3.8, 4) is 0 Å². The van der Waals surface area contributed by atoms with Gasteiger partial charge in [-0.05, 0) is 24.6 Å². The van der Waals surface area contributed by atoms with Crippen molar-refractivity contribution in [3.63, 3.8) is 0 Å². The van der Waals surface area contributed by atoms with Crippen molar-refractivity contribution in [1.29, 1.82) is 0 Å². The number of aryl methyl sites for hydroxylation is 1. The van der Waals surface area contributed by atoms with Crippen LogP contribution < -0.4 is 10.9 Å². The van der Waals surface area contributed by atoms with Crippen LogP contribution in [0.2, 0.25) is 0 Å². The summed E-state index contributed by atoms with van der Waals surface area (Å²) in [5, 5.41) is 2.50. The van der Waals surface area contributed by atoms with Gasteiger partial charge in [-0.1, -0.05) is 26.0 Å². The van der Waals surface area contributed by atoms with Gasteiger partial charge in [0.2, 0.25) is 11.2 Å². The Balaban J connectivity index is 0.00000139. The van der Waals surface area contributed by atoms with Crippen LogP contribution in [0.4, 0.5) is 11.7 Å². The van der Waals surface area contributed by atoms with Gasteiger partial charge >= 0.3 is 0 Å². The first-order chi connectivity index (χ1) is 11.3. The zero-order chi connectivity index (χ0) is 18.3. The number of hydrogen-bond acceptors (Lipinski definition) is 3. The standard InChI is InChI=1S/C13H12F3N3O2S.C2H6/c1-8-18-11(6-12(20)19-8)13(21)17-7-9-2-4-10(5-3-9)22(14,15)16;1-2/h2-6H,7H2,1H3,(H,17,21)(H,18,19,20);1-2H3. The highest BCUT2D eigenvalue weighted by molar-refractivity contribution is 8.20. The van der Waals surface area contributed by atoms with Gasteiger partial charge in [0.1, 0.15) is 11.5 Å². The summed E-state index contributed by atoms with van der Waals surface area (Å²) in [7, 11) is 0. The summed E-state index contributed by atoms with van der Waals surface area (Å²) in [6, 6.07) is 5.61. The van der Waals surface area contributed by atoms with Crippen molar-refractivity contribution in [3.05, 3.63) is 57.8 Å². The number of rotatable bonds is 4. The molecule has 0 aliphatic carbocycles. The van der Waals surface area contributed by atoms with Gasteiger partial charge in [-0.3, -0.25) is 9.59 Å².